The zero-order valence-electron chi connectivity index (χ0n) is 15.6. The van der Waals surface area contributed by atoms with E-state index in [1.807, 2.05) is 0 Å². The fourth-order valence-electron chi connectivity index (χ4n) is 4.03. The van der Waals surface area contributed by atoms with Crippen LogP contribution in [0.15, 0.2) is 22.7 Å². The van der Waals surface area contributed by atoms with Gasteiger partial charge in [-0.1, -0.05) is 35.8 Å². The molecule has 0 bridgehead atoms. The Morgan fingerprint density at radius 2 is 2.00 bits per heavy atom. The highest BCUT2D eigenvalue weighted by atomic mass is 79.9. The number of amides is 1. The number of aryl methyl sites for hydroxylation is 1. The zero-order valence-corrected chi connectivity index (χ0v) is 17.1. The van der Waals surface area contributed by atoms with Gasteiger partial charge in [0.15, 0.2) is 0 Å². The van der Waals surface area contributed by atoms with E-state index in [1.165, 1.54) is 24.1 Å². The molecule has 1 heterocycles. The number of halogens is 1. The topological polar surface area (TPSA) is 32.3 Å². The normalized spacial score (nSPS) is 22.0. The van der Waals surface area contributed by atoms with Crippen LogP contribution in [0.25, 0.3) is 0 Å². The summed E-state index contributed by atoms with van der Waals surface area (Å²) in [5.74, 6) is 1.26. The molecule has 1 amide bonds. The van der Waals surface area contributed by atoms with E-state index < -0.39 is 0 Å². The van der Waals surface area contributed by atoms with Crippen molar-refractivity contribution in [3.63, 3.8) is 0 Å². The first-order valence-corrected chi connectivity index (χ1v) is 10.6. The molecule has 2 aliphatic rings. The maximum Gasteiger partial charge on any atom is 0.223 e. The number of rotatable bonds is 5. The van der Waals surface area contributed by atoms with Crippen LogP contribution in [0, 0.1) is 11.8 Å². The summed E-state index contributed by atoms with van der Waals surface area (Å²) in [6.07, 6.45) is 6.38. The number of benzene rings is 1. The molecule has 1 aromatic rings. The first kappa shape index (κ1) is 18.9. The molecule has 1 unspecified atom stereocenters. The molecule has 4 heteroatoms. The summed E-state index contributed by atoms with van der Waals surface area (Å²) < 4.78 is 1.15. The Hall–Kier alpha value is -0.870. The van der Waals surface area contributed by atoms with Gasteiger partial charge in [-0.15, -0.1) is 0 Å². The van der Waals surface area contributed by atoms with Crippen molar-refractivity contribution in [1.82, 2.24) is 10.2 Å². The van der Waals surface area contributed by atoms with E-state index in [1.54, 1.807) is 0 Å². The lowest BCUT2D eigenvalue weighted by Gasteiger charge is -2.33. The zero-order chi connectivity index (χ0) is 17.8. The van der Waals surface area contributed by atoms with E-state index in [0.717, 1.165) is 55.6 Å². The van der Waals surface area contributed by atoms with Crippen molar-refractivity contribution in [3.05, 3.63) is 33.8 Å². The van der Waals surface area contributed by atoms with Gasteiger partial charge in [0.2, 0.25) is 5.91 Å². The van der Waals surface area contributed by atoms with Gasteiger partial charge in [0.05, 0.1) is 0 Å². The van der Waals surface area contributed by atoms with Gasteiger partial charge in [0, 0.05) is 16.4 Å². The molecule has 25 heavy (non-hydrogen) atoms. The first-order valence-electron chi connectivity index (χ1n) is 9.81. The van der Waals surface area contributed by atoms with Gasteiger partial charge in [0.25, 0.3) is 0 Å². The van der Waals surface area contributed by atoms with Crippen molar-refractivity contribution < 1.29 is 4.79 Å². The Kier molecular flexibility index (Phi) is 6.56. The molecule has 1 aliphatic carbocycles. The fourth-order valence-corrected chi connectivity index (χ4v) is 4.43. The van der Waals surface area contributed by atoms with Crippen molar-refractivity contribution in [3.8, 4) is 0 Å². The molecular weight excluding hydrogens is 376 g/mol. The van der Waals surface area contributed by atoms with Gasteiger partial charge in [-0.2, -0.15) is 0 Å². The predicted molar refractivity (Wildman–Crippen MR) is 107 cm³/mol. The Bertz CT molecular complexity index is 594. The number of hydrogen-bond donors (Lipinski definition) is 1. The molecule has 0 aromatic heterocycles. The molecule has 1 atom stereocenters. The average Bonchev–Trinajstić information content (AvgIpc) is 2.60. The van der Waals surface area contributed by atoms with Crippen LogP contribution in [-0.2, 0) is 17.6 Å². The van der Waals surface area contributed by atoms with Crippen LogP contribution in [0.4, 0.5) is 0 Å². The maximum atomic E-state index is 12.7. The molecular formula is C21H31BrN2O. The molecule has 1 aliphatic heterocycles. The maximum absolute atomic E-state index is 12.7. The van der Waals surface area contributed by atoms with E-state index in [2.05, 4.69) is 58.2 Å². The van der Waals surface area contributed by atoms with Gasteiger partial charge in [-0.25, -0.2) is 0 Å². The largest absolute Gasteiger partial charge is 0.353 e. The summed E-state index contributed by atoms with van der Waals surface area (Å²) in [5.41, 5.74) is 2.82. The third-order valence-corrected chi connectivity index (χ3v) is 6.22. The predicted octanol–water partition coefficient (Wildman–Crippen LogP) is 4.18. The highest BCUT2D eigenvalue weighted by Crippen LogP contribution is 2.25. The van der Waals surface area contributed by atoms with Gasteiger partial charge in [-0.05, 0) is 87.3 Å². The number of nitrogens with zero attached hydrogens (tertiary/aromatic N) is 1. The molecule has 0 saturated carbocycles. The minimum atomic E-state index is 0.210. The number of nitrogens with one attached hydrogen (secondary N) is 1. The van der Waals surface area contributed by atoms with E-state index in [0.29, 0.717) is 6.04 Å². The second-order valence-electron chi connectivity index (χ2n) is 8.16. The van der Waals surface area contributed by atoms with E-state index in [4.69, 9.17) is 0 Å². The summed E-state index contributed by atoms with van der Waals surface area (Å²) in [6.45, 7) is 7.89. The lowest BCUT2D eigenvalue weighted by molar-refractivity contribution is -0.127. The van der Waals surface area contributed by atoms with Crippen LogP contribution in [0.1, 0.15) is 50.7 Å². The molecule has 1 saturated heterocycles. The number of hydrogen-bond acceptors (Lipinski definition) is 2. The van der Waals surface area contributed by atoms with Gasteiger partial charge in [0.1, 0.15) is 0 Å². The lowest BCUT2D eigenvalue weighted by Crippen LogP contribution is -2.45. The van der Waals surface area contributed by atoms with Crippen LogP contribution < -0.4 is 5.32 Å². The van der Waals surface area contributed by atoms with Gasteiger partial charge < -0.3 is 10.2 Å². The summed E-state index contributed by atoms with van der Waals surface area (Å²) >= 11 is 3.55. The molecule has 1 aromatic carbocycles. The van der Waals surface area contributed by atoms with Crippen LogP contribution in [0.5, 0.6) is 0 Å². The highest BCUT2D eigenvalue weighted by Gasteiger charge is 2.27. The highest BCUT2D eigenvalue weighted by molar-refractivity contribution is 9.10. The second-order valence-corrected chi connectivity index (χ2v) is 9.08. The SMILES string of the molecule is CC(C)CCN1CCC(C(=O)NC2CCc3cc(Br)ccc3C2)CC1. The van der Waals surface area contributed by atoms with E-state index in [-0.39, 0.29) is 11.8 Å². The third kappa shape index (κ3) is 5.30. The van der Waals surface area contributed by atoms with Gasteiger partial charge in [-0.3, -0.25) is 4.79 Å². The van der Waals surface area contributed by atoms with Crippen molar-refractivity contribution >= 4 is 21.8 Å². The Balaban J connectivity index is 1.45. The Morgan fingerprint density at radius 1 is 1.24 bits per heavy atom. The van der Waals surface area contributed by atoms with Crippen LogP contribution in [0.3, 0.4) is 0 Å². The number of carbonyl (C=O) groups excluding carboxylic acids is 1. The molecule has 138 valence electrons. The minimum absolute atomic E-state index is 0.210. The Morgan fingerprint density at radius 3 is 2.72 bits per heavy atom. The summed E-state index contributed by atoms with van der Waals surface area (Å²) in [7, 11) is 0. The molecule has 1 fully saturated rings. The Labute approximate surface area is 160 Å². The average molecular weight is 407 g/mol. The third-order valence-electron chi connectivity index (χ3n) is 5.72. The summed E-state index contributed by atoms with van der Waals surface area (Å²) in [5, 5.41) is 3.34. The van der Waals surface area contributed by atoms with Gasteiger partial charge >= 0.3 is 0 Å². The lowest BCUT2D eigenvalue weighted by atomic mass is 9.87. The second kappa shape index (κ2) is 8.68. The van der Waals surface area contributed by atoms with Crippen molar-refractivity contribution in [1.29, 1.82) is 0 Å². The van der Waals surface area contributed by atoms with Crippen LogP contribution in [0.2, 0.25) is 0 Å². The van der Waals surface area contributed by atoms with Crippen molar-refractivity contribution in [2.24, 2.45) is 11.8 Å². The van der Waals surface area contributed by atoms with E-state index >= 15 is 0 Å². The smallest absolute Gasteiger partial charge is 0.223 e. The monoisotopic (exact) mass is 406 g/mol. The standard InChI is InChI=1S/C21H31BrN2O/c1-15(2)7-10-24-11-8-16(9-12-24)21(25)23-20-6-4-17-13-19(22)5-3-18(17)14-20/h3,5,13,15-16,20H,4,6-12,14H2,1-2H3,(H,23,25). The quantitative estimate of drug-likeness (QED) is 0.794. The number of piperidine rings is 1. The van der Waals surface area contributed by atoms with E-state index in [9.17, 15) is 4.79 Å². The molecule has 1 N–H and O–H groups in total. The van der Waals surface area contributed by atoms with Crippen LogP contribution in [-0.4, -0.2) is 36.5 Å². The summed E-state index contributed by atoms with van der Waals surface area (Å²) in [6, 6.07) is 6.83. The number of likely N-dealkylation sites (tertiary alicyclic amines) is 1. The number of fused-ring (bicyclic) bond motifs is 1. The van der Waals surface area contributed by atoms with Crippen molar-refractivity contribution in [2.75, 3.05) is 19.6 Å². The van der Waals surface area contributed by atoms with Crippen molar-refractivity contribution in [2.45, 2.75) is 58.4 Å². The molecule has 0 radical (unpaired) electrons. The first-order chi connectivity index (χ1) is 12.0. The minimum Gasteiger partial charge on any atom is -0.353 e. The van der Waals surface area contributed by atoms with Crippen LogP contribution >= 0.6 is 15.9 Å². The molecule has 3 nitrogen and oxygen atoms in total. The molecule has 3 rings (SSSR count). The number of carbonyl (C=O) groups is 1. The summed E-state index contributed by atoms with van der Waals surface area (Å²) in [4.78, 5) is 15.2. The fraction of sp³-hybridized carbons (Fsp3) is 0.667. The molecule has 0 spiro atoms.